The number of epoxide rings is 1. The van der Waals surface area contributed by atoms with E-state index in [1.165, 1.54) is 0 Å². The van der Waals surface area contributed by atoms with Gasteiger partial charge in [-0.2, -0.15) is 0 Å². The molecule has 2 rings (SSSR count). The monoisotopic (exact) mass is 372 g/mol. The predicted molar refractivity (Wildman–Crippen MR) is 85.2 cm³/mol. The number of benzene rings is 1. The van der Waals surface area contributed by atoms with Gasteiger partial charge < -0.3 is 30.0 Å². The van der Waals surface area contributed by atoms with Gasteiger partial charge in [0.1, 0.15) is 12.1 Å². The SMILES string of the molecule is COCCCNC(=O)[C@H](Cc1ccccc1)NC(=O)[C@H]1O[C@@H]1C(=O)[O-].[Na+]. The molecule has 1 aromatic carbocycles. The Kier molecular flexibility index (Phi) is 9.82. The van der Waals surface area contributed by atoms with Gasteiger partial charge in [0.05, 0.1) is 5.97 Å². The number of aliphatic carboxylic acids is 1. The molecule has 1 fully saturated rings. The second-order valence-electron chi connectivity index (χ2n) is 5.68. The zero-order valence-electron chi connectivity index (χ0n) is 14.9. The van der Waals surface area contributed by atoms with Gasteiger partial charge in [-0.3, -0.25) is 9.59 Å². The van der Waals surface area contributed by atoms with Crippen LogP contribution in [0.3, 0.4) is 0 Å². The predicted octanol–water partition coefficient (Wildman–Crippen LogP) is -4.61. The number of hydrogen-bond acceptors (Lipinski definition) is 6. The van der Waals surface area contributed by atoms with Crippen LogP contribution in [0.5, 0.6) is 0 Å². The van der Waals surface area contributed by atoms with Crippen molar-refractivity contribution < 1.29 is 58.5 Å². The molecule has 0 aliphatic carbocycles. The van der Waals surface area contributed by atoms with E-state index in [0.29, 0.717) is 19.6 Å². The molecule has 2 amide bonds. The molecule has 9 heteroatoms. The summed E-state index contributed by atoms with van der Waals surface area (Å²) in [6, 6.07) is 8.37. The maximum Gasteiger partial charge on any atom is 1.00 e. The molecule has 1 saturated heterocycles. The Morgan fingerprint density at radius 1 is 1.23 bits per heavy atom. The van der Waals surface area contributed by atoms with Crippen LogP contribution < -0.4 is 45.3 Å². The maximum atomic E-state index is 12.4. The Hall–Kier alpha value is -1.45. The molecular weight excluding hydrogens is 351 g/mol. The molecule has 0 radical (unpaired) electrons. The molecule has 1 aliphatic rings. The summed E-state index contributed by atoms with van der Waals surface area (Å²) in [6.45, 7) is 0.925. The van der Waals surface area contributed by atoms with Crippen LogP contribution in [-0.2, 0) is 30.3 Å². The zero-order chi connectivity index (χ0) is 18.2. The molecule has 0 bridgehead atoms. The average Bonchev–Trinajstić information content (AvgIpc) is 3.40. The molecule has 8 nitrogen and oxygen atoms in total. The zero-order valence-corrected chi connectivity index (χ0v) is 16.9. The molecular formula is C17H21N2NaO6. The van der Waals surface area contributed by atoms with Crippen molar-refractivity contribution in [1.29, 1.82) is 0 Å². The summed E-state index contributed by atoms with van der Waals surface area (Å²) >= 11 is 0. The third kappa shape index (κ3) is 7.05. The first kappa shape index (κ1) is 22.6. The molecule has 0 unspecified atom stereocenters. The number of ether oxygens (including phenoxy) is 2. The van der Waals surface area contributed by atoms with Crippen LogP contribution in [0.25, 0.3) is 0 Å². The van der Waals surface area contributed by atoms with Crippen LogP contribution in [0.4, 0.5) is 0 Å². The fourth-order valence-electron chi connectivity index (χ4n) is 2.36. The number of carboxylic acid groups (broad SMARTS) is 1. The Morgan fingerprint density at radius 2 is 1.92 bits per heavy atom. The summed E-state index contributed by atoms with van der Waals surface area (Å²) in [7, 11) is 1.57. The average molecular weight is 372 g/mol. The molecule has 26 heavy (non-hydrogen) atoms. The molecule has 0 saturated carbocycles. The Labute approximate surface area is 173 Å². The van der Waals surface area contributed by atoms with Crippen molar-refractivity contribution in [3.8, 4) is 0 Å². The van der Waals surface area contributed by atoms with Crippen LogP contribution >= 0.6 is 0 Å². The standard InChI is InChI=1S/C17H22N2O6.Na/c1-24-9-5-8-18-15(20)12(10-11-6-3-2-4-7-11)19-16(21)13-14(25-13)17(22)23;/h2-4,6-7,12-14H,5,8-10H2,1H3,(H,18,20)(H,19,21)(H,22,23);/q;+1/p-1/t12-,13-,14-;/m0./s1. The first-order valence-corrected chi connectivity index (χ1v) is 8.00. The fraction of sp³-hybridized carbons (Fsp3) is 0.471. The van der Waals surface area contributed by atoms with Crippen LogP contribution in [0.15, 0.2) is 30.3 Å². The van der Waals surface area contributed by atoms with E-state index in [4.69, 9.17) is 9.47 Å². The van der Waals surface area contributed by atoms with Gasteiger partial charge in [-0.25, -0.2) is 0 Å². The van der Waals surface area contributed by atoms with Gasteiger partial charge in [0.25, 0.3) is 5.91 Å². The minimum Gasteiger partial charge on any atom is -0.547 e. The van der Waals surface area contributed by atoms with Crippen molar-refractivity contribution >= 4 is 17.8 Å². The number of carbonyl (C=O) groups excluding carboxylic acids is 3. The summed E-state index contributed by atoms with van der Waals surface area (Å²) in [5.74, 6) is -2.43. The normalized spacial score (nSPS) is 19.0. The van der Waals surface area contributed by atoms with E-state index in [2.05, 4.69) is 10.6 Å². The molecule has 136 valence electrons. The van der Waals surface area contributed by atoms with E-state index in [-0.39, 0.29) is 41.9 Å². The number of hydrogen-bond donors (Lipinski definition) is 2. The van der Waals surface area contributed by atoms with E-state index in [1.54, 1.807) is 7.11 Å². The Morgan fingerprint density at radius 3 is 2.50 bits per heavy atom. The van der Waals surface area contributed by atoms with Gasteiger partial charge in [0.2, 0.25) is 5.91 Å². The molecule has 1 aromatic rings. The van der Waals surface area contributed by atoms with Gasteiger partial charge in [0.15, 0.2) is 6.10 Å². The number of carbonyl (C=O) groups is 3. The summed E-state index contributed by atoms with van der Waals surface area (Å²) in [5.41, 5.74) is 0.869. The topological polar surface area (TPSA) is 120 Å². The second-order valence-corrected chi connectivity index (χ2v) is 5.68. The van der Waals surface area contributed by atoms with E-state index >= 15 is 0 Å². The van der Waals surface area contributed by atoms with Crippen molar-refractivity contribution in [2.45, 2.75) is 31.1 Å². The molecule has 3 atom stereocenters. The summed E-state index contributed by atoms with van der Waals surface area (Å²) in [5, 5.41) is 16.0. The largest absolute Gasteiger partial charge is 1.00 e. The molecule has 2 N–H and O–H groups in total. The third-order valence-corrected chi connectivity index (χ3v) is 3.72. The van der Waals surface area contributed by atoms with Crippen LogP contribution in [0.2, 0.25) is 0 Å². The smallest absolute Gasteiger partial charge is 0.547 e. The second kappa shape index (κ2) is 11.3. The van der Waals surface area contributed by atoms with E-state index < -0.39 is 30.1 Å². The van der Waals surface area contributed by atoms with E-state index in [1.807, 2.05) is 30.3 Å². The number of carboxylic acids is 1. The minimum atomic E-state index is -1.44. The van der Waals surface area contributed by atoms with Gasteiger partial charge >= 0.3 is 29.6 Å². The fourth-order valence-corrected chi connectivity index (χ4v) is 2.36. The van der Waals surface area contributed by atoms with E-state index in [9.17, 15) is 19.5 Å². The first-order valence-electron chi connectivity index (χ1n) is 8.00. The molecule has 0 spiro atoms. The van der Waals surface area contributed by atoms with Crippen molar-refractivity contribution in [1.82, 2.24) is 10.6 Å². The molecule has 1 aliphatic heterocycles. The Balaban J connectivity index is 0.00000338. The number of methoxy groups -OCH3 is 1. The van der Waals surface area contributed by atoms with Gasteiger partial charge in [0, 0.05) is 26.7 Å². The summed E-state index contributed by atoms with van der Waals surface area (Å²) in [4.78, 5) is 35.1. The Bertz CT molecular complexity index is 613. The van der Waals surface area contributed by atoms with E-state index in [0.717, 1.165) is 5.56 Å². The van der Waals surface area contributed by atoms with Crippen LogP contribution in [0, 0.1) is 0 Å². The minimum absolute atomic E-state index is 0. The maximum absolute atomic E-state index is 12.4. The molecule has 1 heterocycles. The number of amides is 2. The number of nitrogens with one attached hydrogen (secondary N) is 2. The van der Waals surface area contributed by atoms with Crippen LogP contribution in [-0.4, -0.2) is 56.3 Å². The summed E-state index contributed by atoms with van der Waals surface area (Å²) in [6.07, 6.45) is -1.43. The van der Waals surface area contributed by atoms with Gasteiger partial charge in [-0.05, 0) is 12.0 Å². The van der Waals surface area contributed by atoms with Crippen molar-refractivity contribution in [3.05, 3.63) is 35.9 Å². The van der Waals surface area contributed by atoms with Gasteiger partial charge in [-0.15, -0.1) is 0 Å². The van der Waals surface area contributed by atoms with Gasteiger partial charge in [-0.1, -0.05) is 30.3 Å². The summed E-state index contributed by atoms with van der Waals surface area (Å²) < 4.78 is 9.68. The van der Waals surface area contributed by atoms with Crippen LogP contribution in [0.1, 0.15) is 12.0 Å². The number of rotatable bonds is 10. The third-order valence-electron chi connectivity index (χ3n) is 3.72. The molecule has 0 aromatic heterocycles. The van der Waals surface area contributed by atoms with Crippen molar-refractivity contribution in [2.24, 2.45) is 0 Å². The quantitative estimate of drug-likeness (QED) is 0.242. The van der Waals surface area contributed by atoms with Crippen molar-refractivity contribution in [3.63, 3.8) is 0 Å². The first-order chi connectivity index (χ1) is 12.0. The van der Waals surface area contributed by atoms with Crippen molar-refractivity contribution in [2.75, 3.05) is 20.3 Å².